The van der Waals surface area contributed by atoms with Crippen molar-refractivity contribution >= 4 is 17.0 Å². The smallest absolute Gasteiger partial charge is 0.0832 e. The van der Waals surface area contributed by atoms with Crippen LogP contribution in [0.4, 0.5) is 0 Å². The molecule has 0 aliphatic carbocycles. The molecule has 0 aliphatic heterocycles. The molecule has 1 aromatic rings. The predicted molar refractivity (Wildman–Crippen MR) is 83.4 cm³/mol. The topological polar surface area (TPSA) is 12.4 Å². The fourth-order valence-corrected chi connectivity index (χ4v) is 2.16. The van der Waals surface area contributed by atoms with E-state index in [9.17, 15) is 0 Å². The van der Waals surface area contributed by atoms with Crippen LogP contribution in [0, 0.1) is 0 Å². The number of hydrogen-bond acceptors (Lipinski definition) is 2. The second-order valence-electron chi connectivity index (χ2n) is 4.20. The second kappa shape index (κ2) is 6.92. The molecule has 0 radical (unpaired) electrons. The molecule has 0 bridgehead atoms. The van der Waals surface area contributed by atoms with Crippen LogP contribution in [0.15, 0.2) is 70.7 Å². The normalized spacial score (nSPS) is 11.6. The van der Waals surface area contributed by atoms with E-state index in [1.165, 1.54) is 5.57 Å². The van der Waals surface area contributed by atoms with Crippen LogP contribution in [-0.2, 0) is 0 Å². The molecule has 0 saturated heterocycles. The lowest BCUT2D eigenvalue weighted by atomic mass is 10.1. The van der Waals surface area contributed by atoms with Crippen molar-refractivity contribution in [2.45, 2.75) is 20.8 Å². The number of aliphatic imine (C=N–C) groups is 1. The molecule has 94 valence electrons. The van der Waals surface area contributed by atoms with Crippen LogP contribution in [0.5, 0.6) is 0 Å². The molecule has 18 heavy (non-hydrogen) atoms. The molecule has 0 fully saturated rings. The van der Waals surface area contributed by atoms with Crippen molar-refractivity contribution in [1.82, 2.24) is 0 Å². The Morgan fingerprint density at radius 2 is 2.06 bits per heavy atom. The zero-order valence-electron chi connectivity index (χ0n) is 11.2. The fraction of sp³-hybridized carbons (Fsp3) is 0.188. The van der Waals surface area contributed by atoms with Crippen molar-refractivity contribution in [3.05, 3.63) is 70.6 Å². The maximum Gasteiger partial charge on any atom is 0.0832 e. The van der Waals surface area contributed by atoms with E-state index < -0.39 is 0 Å². The van der Waals surface area contributed by atoms with E-state index in [1.54, 1.807) is 17.4 Å². The SMILES string of the molecule is C=C/C=C\C(N=C(C(=C)C)c1cccs1)=C(C)C. The molecule has 0 atom stereocenters. The Kier molecular flexibility index (Phi) is 5.53. The zero-order valence-corrected chi connectivity index (χ0v) is 12.1. The highest BCUT2D eigenvalue weighted by Gasteiger charge is 2.06. The summed E-state index contributed by atoms with van der Waals surface area (Å²) in [5.41, 5.74) is 4.06. The van der Waals surface area contributed by atoms with E-state index in [-0.39, 0.29) is 0 Å². The van der Waals surface area contributed by atoms with Gasteiger partial charge in [0, 0.05) is 0 Å². The van der Waals surface area contributed by atoms with Gasteiger partial charge in [0.2, 0.25) is 0 Å². The highest BCUT2D eigenvalue weighted by atomic mass is 32.1. The van der Waals surface area contributed by atoms with E-state index in [2.05, 4.69) is 38.5 Å². The van der Waals surface area contributed by atoms with Crippen molar-refractivity contribution in [2.75, 3.05) is 0 Å². The van der Waals surface area contributed by atoms with E-state index in [1.807, 2.05) is 25.1 Å². The third kappa shape index (κ3) is 3.97. The molecule has 1 aromatic heterocycles. The number of hydrogen-bond donors (Lipinski definition) is 0. The summed E-state index contributed by atoms with van der Waals surface area (Å²) in [5.74, 6) is 0. The maximum atomic E-state index is 4.73. The summed E-state index contributed by atoms with van der Waals surface area (Å²) in [7, 11) is 0. The van der Waals surface area contributed by atoms with Gasteiger partial charge in [-0.2, -0.15) is 0 Å². The third-order valence-electron chi connectivity index (χ3n) is 2.29. The van der Waals surface area contributed by atoms with Crippen LogP contribution in [0.1, 0.15) is 25.6 Å². The van der Waals surface area contributed by atoms with Gasteiger partial charge in [0.1, 0.15) is 0 Å². The Morgan fingerprint density at radius 3 is 2.50 bits per heavy atom. The average molecular weight is 257 g/mol. The summed E-state index contributed by atoms with van der Waals surface area (Å²) >= 11 is 1.68. The molecule has 0 unspecified atom stereocenters. The highest BCUT2D eigenvalue weighted by molar-refractivity contribution is 7.12. The minimum Gasteiger partial charge on any atom is -0.247 e. The Hall–Kier alpha value is -1.67. The molecule has 0 amide bonds. The molecule has 1 rings (SSSR count). The van der Waals surface area contributed by atoms with E-state index in [4.69, 9.17) is 4.99 Å². The van der Waals surface area contributed by atoms with Crippen LogP contribution in [-0.4, -0.2) is 5.71 Å². The standard InChI is InChI=1S/C16H19NS/c1-6-7-9-14(12(2)3)17-16(13(4)5)15-10-8-11-18-15/h6-11H,1,4H2,2-3,5H3/b9-7-,17-16?. The number of rotatable bonds is 5. The van der Waals surface area contributed by atoms with Crippen LogP contribution < -0.4 is 0 Å². The minimum absolute atomic E-state index is 0.954. The lowest BCUT2D eigenvalue weighted by molar-refractivity contribution is 1.25. The molecule has 0 aromatic carbocycles. The molecule has 1 nitrogen and oxygen atoms in total. The van der Waals surface area contributed by atoms with E-state index >= 15 is 0 Å². The first-order valence-electron chi connectivity index (χ1n) is 5.81. The van der Waals surface area contributed by atoms with Gasteiger partial charge in [-0.25, -0.2) is 4.99 Å². The van der Waals surface area contributed by atoms with Crippen LogP contribution >= 0.6 is 11.3 Å². The van der Waals surface area contributed by atoms with Gasteiger partial charge in [-0.05, 0) is 43.9 Å². The Bertz CT molecular complexity index is 509. The van der Waals surface area contributed by atoms with Crippen molar-refractivity contribution < 1.29 is 0 Å². The van der Waals surface area contributed by atoms with Gasteiger partial charge in [0.25, 0.3) is 0 Å². The summed E-state index contributed by atoms with van der Waals surface area (Å²) in [4.78, 5) is 5.87. The first-order valence-corrected chi connectivity index (χ1v) is 6.69. The predicted octanol–water partition coefficient (Wildman–Crippen LogP) is 5.15. The summed E-state index contributed by atoms with van der Waals surface area (Å²) < 4.78 is 0. The summed E-state index contributed by atoms with van der Waals surface area (Å²) in [6.07, 6.45) is 5.62. The van der Waals surface area contributed by atoms with Crippen molar-refractivity contribution in [3.8, 4) is 0 Å². The first-order chi connectivity index (χ1) is 8.56. The lowest BCUT2D eigenvalue weighted by Gasteiger charge is -2.05. The zero-order chi connectivity index (χ0) is 13.5. The molecule has 0 N–H and O–H groups in total. The van der Waals surface area contributed by atoms with Crippen molar-refractivity contribution in [2.24, 2.45) is 4.99 Å². The van der Waals surface area contributed by atoms with Gasteiger partial charge in [-0.3, -0.25) is 0 Å². The second-order valence-corrected chi connectivity index (χ2v) is 5.15. The first kappa shape index (κ1) is 14.4. The lowest BCUT2D eigenvalue weighted by Crippen LogP contribution is -2.00. The summed E-state index contributed by atoms with van der Waals surface area (Å²) in [5, 5.41) is 2.05. The Balaban J connectivity index is 3.24. The largest absolute Gasteiger partial charge is 0.247 e. The van der Waals surface area contributed by atoms with Crippen molar-refractivity contribution in [1.29, 1.82) is 0 Å². The molecule has 0 spiro atoms. The molecule has 0 aliphatic rings. The molecular formula is C16H19NS. The average Bonchev–Trinajstić information content (AvgIpc) is 2.81. The molecular weight excluding hydrogens is 238 g/mol. The number of nitrogens with zero attached hydrogens (tertiary/aromatic N) is 1. The maximum absolute atomic E-state index is 4.73. The van der Waals surface area contributed by atoms with Gasteiger partial charge in [0.15, 0.2) is 0 Å². The van der Waals surface area contributed by atoms with Gasteiger partial charge in [-0.1, -0.05) is 36.9 Å². The number of thiophene rings is 1. The van der Waals surface area contributed by atoms with Crippen molar-refractivity contribution in [3.63, 3.8) is 0 Å². The van der Waals surface area contributed by atoms with Crippen LogP contribution in [0.2, 0.25) is 0 Å². The summed E-state index contributed by atoms with van der Waals surface area (Å²) in [6.45, 7) is 13.8. The minimum atomic E-state index is 0.954. The molecule has 1 heterocycles. The van der Waals surface area contributed by atoms with Gasteiger partial charge in [0.05, 0.1) is 16.3 Å². The van der Waals surface area contributed by atoms with Gasteiger partial charge in [-0.15, -0.1) is 11.3 Å². The monoisotopic (exact) mass is 257 g/mol. The van der Waals surface area contributed by atoms with E-state index in [0.29, 0.717) is 0 Å². The van der Waals surface area contributed by atoms with Crippen LogP contribution in [0.3, 0.4) is 0 Å². The number of allylic oxidation sites excluding steroid dienone is 5. The van der Waals surface area contributed by atoms with Gasteiger partial charge < -0.3 is 0 Å². The Morgan fingerprint density at radius 1 is 1.33 bits per heavy atom. The highest BCUT2D eigenvalue weighted by Crippen LogP contribution is 2.18. The third-order valence-corrected chi connectivity index (χ3v) is 3.17. The van der Waals surface area contributed by atoms with Crippen LogP contribution in [0.25, 0.3) is 0 Å². The van der Waals surface area contributed by atoms with Gasteiger partial charge >= 0.3 is 0 Å². The van der Waals surface area contributed by atoms with E-state index in [0.717, 1.165) is 21.9 Å². The quantitative estimate of drug-likeness (QED) is 0.511. The fourth-order valence-electron chi connectivity index (χ4n) is 1.37. The Labute approximate surface area is 114 Å². The molecule has 0 saturated carbocycles. The summed E-state index contributed by atoms with van der Waals surface area (Å²) in [6, 6.07) is 4.10. The molecule has 2 heteroatoms.